The SMILES string of the molecule is CN1C(=O)C2CCCN2Cc2cc(O)ccc21. The molecule has 0 spiro atoms. The van der Waals surface area contributed by atoms with Gasteiger partial charge in [-0.05, 0) is 43.1 Å². The van der Waals surface area contributed by atoms with E-state index in [1.165, 1.54) is 0 Å². The van der Waals surface area contributed by atoms with Gasteiger partial charge in [0.05, 0.1) is 6.04 Å². The fourth-order valence-electron chi connectivity index (χ4n) is 2.88. The number of nitrogens with zero attached hydrogens (tertiary/aromatic N) is 2. The van der Waals surface area contributed by atoms with Crippen molar-refractivity contribution in [3.63, 3.8) is 0 Å². The lowest BCUT2D eigenvalue weighted by molar-refractivity contribution is -0.122. The predicted octanol–water partition coefficient (Wildman–Crippen LogP) is 1.33. The molecule has 2 heterocycles. The summed E-state index contributed by atoms with van der Waals surface area (Å²) in [6.07, 6.45) is 2.03. The summed E-state index contributed by atoms with van der Waals surface area (Å²) in [5.41, 5.74) is 1.95. The summed E-state index contributed by atoms with van der Waals surface area (Å²) in [4.78, 5) is 16.2. The fourth-order valence-corrected chi connectivity index (χ4v) is 2.88. The molecule has 1 unspecified atom stereocenters. The van der Waals surface area contributed by atoms with Crippen molar-refractivity contribution in [2.75, 3.05) is 18.5 Å². The van der Waals surface area contributed by atoms with Crippen molar-refractivity contribution in [2.45, 2.75) is 25.4 Å². The average molecular weight is 232 g/mol. The van der Waals surface area contributed by atoms with E-state index in [2.05, 4.69) is 4.90 Å². The van der Waals surface area contributed by atoms with E-state index in [1.807, 2.05) is 13.1 Å². The van der Waals surface area contributed by atoms with Gasteiger partial charge in [-0.3, -0.25) is 9.69 Å². The summed E-state index contributed by atoms with van der Waals surface area (Å²) in [7, 11) is 1.82. The highest BCUT2D eigenvalue weighted by molar-refractivity contribution is 5.98. The van der Waals surface area contributed by atoms with Crippen molar-refractivity contribution in [3.8, 4) is 5.75 Å². The summed E-state index contributed by atoms with van der Waals surface area (Å²) in [6, 6.07) is 5.25. The summed E-state index contributed by atoms with van der Waals surface area (Å²) < 4.78 is 0. The highest BCUT2D eigenvalue weighted by Gasteiger charge is 2.36. The Balaban J connectivity index is 2.08. The molecule has 1 saturated heterocycles. The number of hydrogen-bond donors (Lipinski definition) is 1. The van der Waals surface area contributed by atoms with Crippen molar-refractivity contribution in [1.82, 2.24) is 4.90 Å². The van der Waals surface area contributed by atoms with Crippen molar-refractivity contribution in [3.05, 3.63) is 23.8 Å². The van der Waals surface area contributed by atoms with Crippen LogP contribution in [0, 0.1) is 0 Å². The Hall–Kier alpha value is -1.55. The second-order valence-corrected chi connectivity index (χ2v) is 4.84. The van der Waals surface area contributed by atoms with Crippen LogP contribution in [0.15, 0.2) is 18.2 Å². The van der Waals surface area contributed by atoms with Crippen LogP contribution in [0.3, 0.4) is 0 Å². The molecule has 0 bridgehead atoms. The first-order valence-electron chi connectivity index (χ1n) is 6.00. The van der Waals surface area contributed by atoms with Gasteiger partial charge in [-0.25, -0.2) is 0 Å². The Kier molecular flexibility index (Phi) is 2.33. The number of aromatic hydroxyl groups is 1. The van der Waals surface area contributed by atoms with Gasteiger partial charge in [0.1, 0.15) is 5.75 Å². The number of carbonyl (C=O) groups excluding carboxylic acids is 1. The number of fused-ring (bicyclic) bond motifs is 2. The van der Waals surface area contributed by atoms with Crippen LogP contribution in [0.5, 0.6) is 5.75 Å². The number of benzene rings is 1. The van der Waals surface area contributed by atoms with E-state index in [4.69, 9.17) is 0 Å². The molecule has 1 N–H and O–H groups in total. The van der Waals surface area contributed by atoms with Crippen LogP contribution in [-0.4, -0.2) is 35.5 Å². The maximum absolute atomic E-state index is 12.3. The van der Waals surface area contributed by atoms with Crippen LogP contribution in [0.2, 0.25) is 0 Å². The molecular formula is C13H16N2O2. The topological polar surface area (TPSA) is 43.8 Å². The highest BCUT2D eigenvalue weighted by atomic mass is 16.3. The van der Waals surface area contributed by atoms with Crippen molar-refractivity contribution in [2.24, 2.45) is 0 Å². The molecule has 0 radical (unpaired) electrons. The van der Waals surface area contributed by atoms with Gasteiger partial charge in [0.25, 0.3) is 0 Å². The fraction of sp³-hybridized carbons (Fsp3) is 0.462. The van der Waals surface area contributed by atoms with E-state index in [0.29, 0.717) is 0 Å². The zero-order valence-corrected chi connectivity index (χ0v) is 9.89. The smallest absolute Gasteiger partial charge is 0.244 e. The van der Waals surface area contributed by atoms with E-state index < -0.39 is 0 Å². The van der Waals surface area contributed by atoms with Gasteiger partial charge in [-0.1, -0.05) is 0 Å². The second-order valence-electron chi connectivity index (χ2n) is 4.84. The Morgan fingerprint density at radius 3 is 3.06 bits per heavy atom. The molecule has 2 aliphatic heterocycles. The molecular weight excluding hydrogens is 216 g/mol. The lowest BCUT2D eigenvalue weighted by atomic mass is 10.1. The quantitative estimate of drug-likeness (QED) is 0.734. The van der Waals surface area contributed by atoms with Crippen molar-refractivity contribution < 1.29 is 9.90 Å². The Morgan fingerprint density at radius 1 is 1.41 bits per heavy atom. The van der Waals surface area contributed by atoms with Crippen LogP contribution in [0.4, 0.5) is 5.69 Å². The van der Waals surface area contributed by atoms with E-state index in [-0.39, 0.29) is 17.7 Å². The first-order chi connectivity index (χ1) is 8.16. The average Bonchev–Trinajstić information content (AvgIpc) is 2.72. The standard InChI is InChI=1S/C13H16N2O2/c1-14-11-5-4-10(16)7-9(11)8-15-6-2-3-12(15)13(14)17/h4-5,7,12,16H,2-3,6,8H2,1H3. The van der Waals surface area contributed by atoms with E-state index in [0.717, 1.165) is 37.2 Å². The Bertz CT molecular complexity index is 472. The molecule has 1 aromatic rings. The van der Waals surface area contributed by atoms with Gasteiger partial charge in [0.2, 0.25) is 5.91 Å². The second kappa shape index (κ2) is 3.74. The minimum atomic E-state index is 0.0227. The van der Waals surface area contributed by atoms with Gasteiger partial charge in [-0.15, -0.1) is 0 Å². The highest BCUT2D eigenvalue weighted by Crippen LogP contribution is 2.33. The number of likely N-dealkylation sites (N-methyl/N-ethyl adjacent to an activating group) is 1. The van der Waals surface area contributed by atoms with Crippen LogP contribution < -0.4 is 4.90 Å². The van der Waals surface area contributed by atoms with E-state index in [1.54, 1.807) is 17.0 Å². The van der Waals surface area contributed by atoms with Gasteiger partial charge in [0, 0.05) is 19.3 Å². The van der Waals surface area contributed by atoms with Gasteiger partial charge >= 0.3 is 0 Å². The maximum atomic E-state index is 12.3. The summed E-state index contributed by atoms with van der Waals surface area (Å²) in [5.74, 6) is 0.439. The molecule has 4 nitrogen and oxygen atoms in total. The van der Waals surface area contributed by atoms with E-state index >= 15 is 0 Å². The molecule has 1 aromatic carbocycles. The summed E-state index contributed by atoms with van der Waals surface area (Å²) >= 11 is 0. The minimum absolute atomic E-state index is 0.0227. The number of phenolic OH excluding ortho intramolecular Hbond substituents is 1. The van der Waals surface area contributed by atoms with Crippen LogP contribution in [0.1, 0.15) is 18.4 Å². The molecule has 0 aromatic heterocycles. The number of amides is 1. The molecule has 1 fully saturated rings. The van der Waals surface area contributed by atoms with Crippen LogP contribution in [0.25, 0.3) is 0 Å². The monoisotopic (exact) mass is 232 g/mol. The molecule has 17 heavy (non-hydrogen) atoms. The zero-order valence-electron chi connectivity index (χ0n) is 9.89. The largest absolute Gasteiger partial charge is 0.508 e. The summed E-state index contributed by atoms with van der Waals surface area (Å²) in [5, 5.41) is 9.55. The van der Waals surface area contributed by atoms with Gasteiger partial charge in [0.15, 0.2) is 0 Å². The van der Waals surface area contributed by atoms with Crippen molar-refractivity contribution >= 4 is 11.6 Å². The van der Waals surface area contributed by atoms with E-state index in [9.17, 15) is 9.90 Å². The maximum Gasteiger partial charge on any atom is 0.244 e. The van der Waals surface area contributed by atoms with Crippen LogP contribution in [-0.2, 0) is 11.3 Å². The summed E-state index contributed by atoms with van der Waals surface area (Å²) in [6.45, 7) is 1.73. The van der Waals surface area contributed by atoms with Gasteiger partial charge in [-0.2, -0.15) is 0 Å². The normalized spacial score (nSPS) is 24.4. The molecule has 90 valence electrons. The molecule has 2 aliphatic rings. The molecule has 1 amide bonds. The molecule has 0 saturated carbocycles. The minimum Gasteiger partial charge on any atom is -0.508 e. The first-order valence-corrected chi connectivity index (χ1v) is 6.00. The number of carbonyl (C=O) groups is 1. The number of phenols is 1. The molecule has 0 aliphatic carbocycles. The Morgan fingerprint density at radius 2 is 2.24 bits per heavy atom. The predicted molar refractivity (Wildman–Crippen MR) is 64.9 cm³/mol. The molecule has 4 heteroatoms. The number of hydrogen-bond acceptors (Lipinski definition) is 3. The van der Waals surface area contributed by atoms with Crippen LogP contribution >= 0.6 is 0 Å². The first kappa shape index (κ1) is 10.6. The third kappa shape index (κ3) is 1.60. The van der Waals surface area contributed by atoms with Crippen molar-refractivity contribution in [1.29, 1.82) is 0 Å². The number of rotatable bonds is 0. The molecule has 3 rings (SSSR count). The third-order valence-electron chi connectivity index (χ3n) is 3.78. The van der Waals surface area contributed by atoms with Gasteiger partial charge < -0.3 is 10.0 Å². The zero-order chi connectivity index (χ0) is 12.0. The Labute approximate surface area is 100 Å². The molecule has 1 atom stereocenters. The lowest BCUT2D eigenvalue weighted by Gasteiger charge is -2.22. The number of anilines is 1. The lowest BCUT2D eigenvalue weighted by Crippen LogP contribution is -2.41. The third-order valence-corrected chi connectivity index (χ3v) is 3.78.